The predicted octanol–water partition coefficient (Wildman–Crippen LogP) is -1.42. The summed E-state index contributed by atoms with van der Waals surface area (Å²) in [5, 5.41) is 17.3. The summed E-state index contributed by atoms with van der Waals surface area (Å²) in [6.07, 6.45) is 0. The van der Waals surface area contributed by atoms with Gasteiger partial charge in [-0.2, -0.15) is 0 Å². The van der Waals surface area contributed by atoms with Crippen LogP contribution in [0.15, 0.2) is 0 Å². The maximum atomic E-state index is 10.5. The van der Waals surface area contributed by atoms with E-state index >= 15 is 0 Å². The molecule has 1 aliphatic rings. The number of carboxylic acids is 2. The van der Waals surface area contributed by atoms with E-state index in [1.165, 1.54) is 0 Å². The van der Waals surface area contributed by atoms with E-state index in [4.69, 9.17) is 10.2 Å². The molecule has 0 atom stereocenters. The van der Waals surface area contributed by atoms with Gasteiger partial charge in [0.05, 0.1) is 33.1 Å². The van der Waals surface area contributed by atoms with Crippen molar-refractivity contribution < 1.29 is 19.8 Å². The smallest absolute Gasteiger partial charge is 0.317 e. The molecule has 0 saturated carbocycles. The second-order valence-corrected chi connectivity index (χ2v) is 3.73. The number of aliphatic carboxylic acids is 2. The third kappa shape index (κ3) is 4.24. The predicted molar refractivity (Wildman–Crippen MR) is 51.0 cm³/mol. The fourth-order valence-corrected chi connectivity index (χ4v) is 1.68. The van der Waals surface area contributed by atoms with Gasteiger partial charge in [0.1, 0.15) is 0 Å². The van der Waals surface area contributed by atoms with Crippen molar-refractivity contribution in [3.63, 3.8) is 0 Å². The lowest BCUT2D eigenvalue weighted by Gasteiger charge is -2.39. The summed E-state index contributed by atoms with van der Waals surface area (Å²) < 4.78 is 0. The number of hydrogen-bond acceptors (Lipinski definition) is 5. The van der Waals surface area contributed by atoms with Crippen LogP contribution >= 0.6 is 0 Å². The van der Waals surface area contributed by atoms with Crippen molar-refractivity contribution in [2.75, 3.05) is 40.1 Å². The molecule has 7 nitrogen and oxygen atoms in total. The minimum atomic E-state index is -0.902. The average molecular weight is 217 g/mol. The van der Waals surface area contributed by atoms with E-state index in [0.29, 0.717) is 20.0 Å². The molecule has 2 N–H and O–H groups in total. The van der Waals surface area contributed by atoms with Gasteiger partial charge in [0, 0.05) is 0 Å². The van der Waals surface area contributed by atoms with Gasteiger partial charge in [-0.05, 0) is 7.05 Å². The van der Waals surface area contributed by atoms with Crippen LogP contribution in [0.1, 0.15) is 0 Å². The molecule has 0 aromatic rings. The number of hydrogen-bond donors (Lipinski definition) is 2. The Labute approximate surface area is 87.5 Å². The Morgan fingerprint density at radius 1 is 1.00 bits per heavy atom. The summed E-state index contributed by atoms with van der Waals surface area (Å²) in [4.78, 5) is 26.2. The van der Waals surface area contributed by atoms with Gasteiger partial charge in [0.15, 0.2) is 0 Å². The number of carbonyl (C=O) groups is 2. The second kappa shape index (κ2) is 5.06. The zero-order valence-corrected chi connectivity index (χ0v) is 8.59. The molecule has 0 radical (unpaired) electrons. The molecule has 86 valence electrons. The summed E-state index contributed by atoms with van der Waals surface area (Å²) >= 11 is 0. The van der Waals surface area contributed by atoms with E-state index in [-0.39, 0.29) is 13.1 Å². The van der Waals surface area contributed by atoms with Crippen LogP contribution in [0.25, 0.3) is 0 Å². The van der Waals surface area contributed by atoms with Crippen molar-refractivity contribution in [2.45, 2.75) is 0 Å². The molecular formula is C8H15N3O4. The summed E-state index contributed by atoms with van der Waals surface area (Å²) in [6.45, 7) is 1.33. The van der Waals surface area contributed by atoms with Crippen LogP contribution in [0.5, 0.6) is 0 Å². The molecule has 7 heteroatoms. The maximum Gasteiger partial charge on any atom is 0.317 e. The van der Waals surface area contributed by atoms with Crippen molar-refractivity contribution in [2.24, 2.45) is 0 Å². The zero-order valence-electron chi connectivity index (χ0n) is 8.59. The highest BCUT2D eigenvalue weighted by Crippen LogP contribution is 2.04. The van der Waals surface area contributed by atoms with E-state index < -0.39 is 11.9 Å². The summed E-state index contributed by atoms with van der Waals surface area (Å²) in [7, 11) is 1.82. The lowest BCUT2D eigenvalue weighted by Crippen LogP contribution is -2.55. The normalized spacial score (nSPS) is 20.3. The van der Waals surface area contributed by atoms with Gasteiger partial charge in [-0.1, -0.05) is 0 Å². The summed E-state index contributed by atoms with van der Waals surface area (Å²) in [6, 6.07) is 0. The molecular weight excluding hydrogens is 202 g/mol. The SMILES string of the molecule is CN1CN(CC(=O)O)CN(CC(=O)O)C1. The first kappa shape index (κ1) is 11.9. The average Bonchev–Trinajstić information content (AvgIpc) is 1.98. The molecule has 1 fully saturated rings. The molecule has 1 rings (SSSR count). The summed E-state index contributed by atoms with van der Waals surface area (Å²) in [5.74, 6) is -1.80. The highest BCUT2D eigenvalue weighted by molar-refractivity contribution is 5.69. The molecule has 15 heavy (non-hydrogen) atoms. The number of carboxylic acid groups (broad SMARTS) is 2. The Morgan fingerprint density at radius 3 is 1.73 bits per heavy atom. The molecule has 0 aromatic carbocycles. The maximum absolute atomic E-state index is 10.5. The fourth-order valence-electron chi connectivity index (χ4n) is 1.68. The molecule has 0 spiro atoms. The third-order valence-electron chi connectivity index (χ3n) is 2.00. The Bertz CT molecular complexity index is 234. The fraction of sp³-hybridized carbons (Fsp3) is 0.750. The van der Waals surface area contributed by atoms with Gasteiger partial charge in [0.25, 0.3) is 0 Å². The van der Waals surface area contributed by atoms with Crippen molar-refractivity contribution in [3.8, 4) is 0 Å². The van der Waals surface area contributed by atoms with Gasteiger partial charge in [0.2, 0.25) is 0 Å². The van der Waals surface area contributed by atoms with Gasteiger partial charge < -0.3 is 10.2 Å². The molecule has 1 heterocycles. The highest BCUT2D eigenvalue weighted by atomic mass is 16.4. The number of nitrogens with zero attached hydrogens (tertiary/aromatic N) is 3. The first-order valence-corrected chi connectivity index (χ1v) is 4.54. The Balaban J connectivity index is 2.47. The van der Waals surface area contributed by atoms with Crippen LogP contribution < -0.4 is 0 Å². The van der Waals surface area contributed by atoms with Gasteiger partial charge in [-0.25, -0.2) is 0 Å². The van der Waals surface area contributed by atoms with Gasteiger partial charge in [-0.3, -0.25) is 24.3 Å². The van der Waals surface area contributed by atoms with Crippen LogP contribution in [0.4, 0.5) is 0 Å². The monoisotopic (exact) mass is 217 g/mol. The number of rotatable bonds is 4. The molecule has 0 unspecified atom stereocenters. The van der Waals surface area contributed by atoms with Crippen LogP contribution in [0.3, 0.4) is 0 Å². The Hall–Kier alpha value is -1.18. The second-order valence-electron chi connectivity index (χ2n) is 3.73. The first-order chi connectivity index (χ1) is 6.97. The van der Waals surface area contributed by atoms with Crippen LogP contribution in [0.2, 0.25) is 0 Å². The molecule has 0 bridgehead atoms. The van der Waals surface area contributed by atoms with Gasteiger partial charge >= 0.3 is 11.9 Å². The largest absolute Gasteiger partial charge is 0.480 e. The highest BCUT2D eigenvalue weighted by Gasteiger charge is 2.23. The Kier molecular flexibility index (Phi) is 4.01. The minimum absolute atomic E-state index is 0.0690. The van der Waals surface area contributed by atoms with Crippen LogP contribution in [0, 0.1) is 0 Å². The van der Waals surface area contributed by atoms with Crippen molar-refractivity contribution in [1.29, 1.82) is 0 Å². The molecule has 1 aliphatic heterocycles. The first-order valence-electron chi connectivity index (χ1n) is 4.54. The topological polar surface area (TPSA) is 84.3 Å². The lowest BCUT2D eigenvalue weighted by atomic mass is 10.4. The molecule has 0 amide bonds. The van der Waals surface area contributed by atoms with Crippen molar-refractivity contribution in [1.82, 2.24) is 14.7 Å². The zero-order chi connectivity index (χ0) is 11.4. The van der Waals surface area contributed by atoms with E-state index in [1.54, 1.807) is 9.80 Å². The third-order valence-corrected chi connectivity index (χ3v) is 2.00. The van der Waals surface area contributed by atoms with E-state index in [9.17, 15) is 9.59 Å². The molecule has 0 aromatic heterocycles. The van der Waals surface area contributed by atoms with E-state index in [2.05, 4.69) is 0 Å². The molecule has 0 aliphatic carbocycles. The Morgan fingerprint density at radius 2 is 1.40 bits per heavy atom. The van der Waals surface area contributed by atoms with Crippen LogP contribution in [-0.2, 0) is 9.59 Å². The van der Waals surface area contributed by atoms with Crippen LogP contribution in [-0.4, -0.2) is 77.0 Å². The standard InChI is InChI=1S/C8H15N3O4/c1-9-4-10(2-7(12)13)6-11(5-9)3-8(14)15/h2-6H2,1H3,(H,12,13)(H,14,15). The van der Waals surface area contributed by atoms with Crippen molar-refractivity contribution in [3.05, 3.63) is 0 Å². The van der Waals surface area contributed by atoms with E-state index in [1.807, 2.05) is 11.9 Å². The summed E-state index contributed by atoms with van der Waals surface area (Å²) in [5.41, 5.74) is 0. The van der Waals surface area contributed by atoms with E-state index in [0.717, 1.165) is 0 Å². The quantitative estimate of drug-likeness (QED) is 0.597. The molecule has 1 saturated heterocycles. The minimum Gasteiger partial charge on any atom is -0.480 e. The van der Waals surface area contributed by atoms with Crippen molar-refractivity contribution >= 4 is 11.9 Å². The lowest BCUT2D eigenvalue weighted by molar-refractivity contribution is -0.144. The van der Waals surface area contributed by atoms with Gasteiger partial charge in [-0.15, -0.1) is 0 Å².